The zero-order valence-electron chi connectivity index (χ0n) is 10.9. The number of carboxylic acids is 1. The predicted octanol–water partition coefficient (Wildman–Crippen LogP) is 3.54. The van der Waals surface area contributed by atoms with Crippen molar-refractivity contribution in [2.24, 2.45) is 0 Å². The summed E-state index contributed by atoms with van der Waals surface area (Å²) in [6, 6.07) is 8.08. The van der Waals surface area contributed by atoms with E-state index < -0.39 is 23.5 Å². The molecule has 0 bridgehead atoms. The van der Waals surface area contributed by atoms with Crippen LogP contribution >= 0.6 is 0 Å². The van der Waals surface area contributed by atoms with Crippen molar-refractivity contribution in [3.63, 3.8) is 0 Å². The van der Waals surface area contributed by atoms with Crippen LogP contribution in [0.4, 0.5) is 13.2 Å². The van der Waals surface area contributed by atoms with Gasteiger partial charge in [-0.25, -0.2) is 4.79 Å². The molecule has 0 aliphatic heterocycles. The number of aromatic carboxylic acids is 1. The third-order valence-electron chi connectivity index (χ3n) is 3.38. The summed E-state index contributed by atoms with van der Waals surface area (Å²) in [7, 11) is 0. The Morgan fingerprint density at radius 3 is 2.41 bits per heavy atom. The van der Waals surface area contributed by atoms with Gasteiger partial charge in [0.05, 0.1) is 16.6 Å². The lowest BCUT2D eigenvalue weighted by Crippen LogP contribution is -2.22. The molecule has 0 saturated carbocycles. The number of fused-ring (bicyclic) bond motifs is 3. The van der Waals surface area contributed by atoms with Crippen LogP contribution in [0.25, 0.3) is 16.4 Å². The van der Waals surface area contributed by atoms with Crippen LogP contribution in [0.3, 0.4) is 0 Å². The Kier molecular flexibility index (Phi) is 2.94. The van der Waals surface area contributed by atoms with Crippen LogP contribution in [0.2, 0.25) is 0 Å². The van der Waals surface area contributed by atoms with Crippen LogP contribution in [-0.2, 0) is 0 Å². The Bertz CT molecular complexity index is 925. The molecule has 4 nitrogen and oxygen atoms in total. The van der Waals surface area contributed by atoms with Gasteiger partial charge in [-0.15, -0.1) is 0 Å². The Morgan fingerprint density at radius 2 is 1.77 bits per heavy atom. The largest absolute Gasteiger partial charge is 0.478 e. The van der Waals surface area contributed by atoms with Crippen LogP contribution in [0.5, 0.6) is 0 Å². The molecule has 0 radical (unpaired) electrons. The van der Waals surface area contributed by atoms with Crippen molar-refractivity contribution >= 4 is 28.2 Å². The molecule has 0 spiro atoms. The molecule has 0 unspecified atom stereocenters. The van der Waals surface area contributed by atoms with E-state index in [2.05, 4.69) is 0 Å². The number of benzene rings is 1. The molecule has 7 heteroatoms. The lowest BCUT2D eigenvalue weighted by molar-refractivity contribution is -0.0885. The number of nitrogens with zero attached hydrogens (tertiary/aromatic N) is 1. The van der Waals surface area contributed by atoms with Crippen molar-refractivity contribution in [1.82, 2.24) is 4.40 Å². The number of carbonyl (C=O) groups excluding carboxylic acids is 1. The molecule has 3 rings (SSSR count). The summed E-state index contributed by atoms with van der Waals surface area (Å²) in [5, 5.41) is 9.59. The lowest BCUT2D eigenvalue weighted by atomic mass is 10.1. The molecule has 1 aromatic carbocycles. The Labute approximate surface area is 121 Å². The first-order valence-corrected chi connectivity index (χ1v) is 6.18. The Hall–Kier alpha value is -2.83. The number of hydrogen-bond acceptors (Lipinski definition) is 2. The number of Topliss-reactive ketones (excluding diaryl/α,β-unsaturated/α-hetero) is 1. The predicted molar refractivity (Wildman–Crippen MR) is 72.2 cm³/mol. The maximum absolute atomic E-state index is 12.5. The van der Waals surface area contributed by atoms with Gasteiger partial charge < -0.3 is 9.51 Å². The monoisotopic (exact) mass is 307 g/mol. The van der Waals surface area contributed by atoms with Gasteiger partial charge in [-0.2, -0.15) is 13.2 Å². The van der Waals surface area contributed by atoms with Crippen molar-refractivity contribution in [3.8, 4) is 0 Å². The fourth-order valence-corrected chi connectivity index (χ4v) is 2.47. The van der Waals surface area contributed by atoms with Crippen LogP contribution in [0.1, 0.15) is 20.7 Å². The smallest absolute Gasteiger partial charge is 0.454 e. The summed E-state index contributed by atoms with van der Waals surface area (Å²) in [6.07, 6.45) is -3.44. The van der Waals surface area contributed by atoms with E-state index in [0.717, 1.165) is 12.1 Å². The van der Waals surface area contributed by atoms with Gasteiger partial charge in [-0.3, -0.25) is 4.79 Å². The Morgan fingerprint density at radius 1 is 1.05 bits per heavy atom. The number of halogens is 3. The van der Waals surface area contributed by atoms with E-state index in [9.17, 15) is 27.9 Å². The molecule has 0 amide bonds. The van der Waals surface area contributed by atoms with E-state index in [4.69, 9.17) is 0 Å². The highest BCUT2D eigenvalue weighted by Gasteiger charge is 2.39. The molecule has 0 saturated heterocycles. The van der Waals surface area contributed by atoms with Crippen molar-refractivity contribution in [3.05, 3.63) is 53.7 Å². The second kappa shape index (κ2) is 4.59. The highest BCUT2D eigenvalue weighted by molar-refractivity contribution is 6.12. The van der Waals surface area contributed by atoms with Crippen LogP contribution < -0.4 is 0 Å². The third-order valence-corrected chi connectivity index (χ3v) is 3.38. The number of carbonyl (C=O) groups is 2. The van der Waals surface area contributed by atoms with Crippen LogP contribution in [0.15, 0.2) is 42.6 Å². The lowest BCUT2D eigenvalue weighted by Gasteiger charge is -2.05. The quantitative estimate of drug-likeness (QED) is 0.737. The number of ketones is 1. The van der Waals surface area contributed by atoms with Gasteiger partial charge in [-0.05, 0) is 18.2 Å². The van der Waals surface area contributed by atoms with Gasteiger partial charge in [0, 0.05) is 17.1 Å². The van der Waals surface area contributed by atoms with E-state index in [1.54, 1.807) is 18.2 Å². The molecule has 0 aliphatic carbocycles. The topological polar surface area (TPSA) is 58.8 Å². The first-order valence-electron chi connectivity index (χ1n) is 6.18. The molecule has 3 aromatic rings. The second-order valence-corrected chi connectivity index (χ2v) is 4.69. The number of alkyl halides is 3. The van der Waals surface area contributed by atoms with E-state index in [0.29, 0.717) is 5.52 Å². The molecule has 22 heavy (non-hydrogen) atoms. The van der Waals surface area contributed by atoms with Crippen LogP contribution in [0, 0.1) is 0 Å². The van der Waals surface area contributed by atoms with Crippen LogP contribution in [-0.4, -0.2) is 27.4 Å². The molecule has 2 heterocycles. The molecule has 0 aliphatic rings. The van der Waals surface area contributed by atoms with Gasteiger partial charge in [0.1, 0.15) is 0 Å². The molecule has 0 fully saturated rings. The zero-order valence-corrected chi connectivity index (χ0v) is 10.9. The molecule has 0 atom stereocenters. The minimum Gasteiger partial charge on any atom is -0.478 e. The Balaban J connectivity index is 2.36. The SMILES string of the molecule is O=C(O)c1c2ccc(C(=O)C(F)(F)F)cc2n2ccccc12. The van der Waals surface area contributed by atoms with Gasteiger partial charge in [0.15, 0.2) is 0 Å². The van der Waals surface area contributed by atoms with Crippen molar-refractivity contribution in [2.45, 2.75) is 6.18 Å². The highest BCUT2D eigenvalue weighted by atomic mass is 19.4. The standard InChI is InChI=1S/C15H8F3NO3/c16-15(17,18)13(20)8-4-5-9-11(7-8)19-6-2-1-3-10(19)12(9)14(21)22/h1-7H,(H,21,22). The summed E-state index contributed by atoms with van der Waals surface area (Å²) in [6.45, 7) is 0. The molecular weight excluding hydrogens is 299 g/mol. The fraction of sp³-hybridized carbons (Fsp3) is 0.0667. The summed E-state index contributed by atoms with van der Waals surface area (Å²) < 4.78 is 39.0. The average Bonchev–Trinajstić information content (AvgIpc) is 2.79. The van der Waals surface area contributed by atoms with E-state index >= 15 is 0 Å². The minimum atomic E-state index is -4.98. The summed E-state index contributed by atoms with van der Waals surface area (Å²) >= 11 is 0. The number of pyridine rings is 1. The number of hydrogen-bond donors (Lipinski definition) is 1. The average molecular weight is 307 g/mol. The highest BCUT2D eigenvalue weighted by Crippen LogP contribution is 2.29. The van der Waals surface area contributed by atoms with E-state index in [1.165, 1.54) is 16.7 Å². The van der Waals surface area contributed by atoms with Crippen molar-refractivity contribution in [2.75, 3.05) is 0 Å². The summed E-state index contributed by atoms with van der Waals surface area (Å²) in [5.74, 6) is -3.15. The van der Waals surface area contributed by atoms with Crippen molar-refractivity contribution < 1.29 is 27.9 Å². The van der Waals surface area contributed by atoms with Crippen molar-refractivity contribution in [1.29, 1.82) is 0 Å². The first-order chi connectivity index (χ1) is 10.3. The maximum atomic E-state index is 12.5. The third kappa shape index (κ3) is 2.02. The van der Waals surface area contributed by atoms with Gasteiger partial charge in [0.25, 0.3) is 5.78 Å². The number of rotatable bonds is 2. The van der Waals surface area contributed by atoms with E-state index in [1.807, 2.05) is 0 Å². The normalized spacial score (nSPS) is 12.0. The summed E-state index contributed by atoms with van der Waals surface area (Å²) in [5.41, 5.74) is 0.0477. The van der Waals surface area contributed by atoms with Gasteiger partial charge >= 0.3 is 12.1 Å². The number of aromatic nitrogens is 1. The number of carboxylic acid groups (broad SMARTS) is 1. The molecular formula is C15H8F3NO3. The molecule has 1 N–H and O–H groups in total. The second-order valence-electron chi connectivity index (χ2n) is 4.69. The van der Waals surface area contributed by atoms with Gasteiger partial charge in [-0.1, -0.05) is 18.2 Å². The maximum Gasteiger partial charge on any atom is 0.454 e. The first kappa shape index (κ1) is 14.1. The zero-order chi connectivity index (χ0) is 16.1. The van der Waals surface area contributed by atoms with E-state index in [-0.39, 0.29) is 16.5 Å². The fourth-order valence-electron chi connectivity index (χ4n) is 2.47. The molecule has 2 aromatic heterocycles. The van der Waals surface area contributed by atoms with Gasteiger partial charge in [0.2, 0.25) is 0 Å². The summed E-state index contributed by atoms with van der Waals surface area (Å²) in [4.78, 5) is 22.7. The molecule has 112 valence electrons. The minimum absolute atomic E-state index is 0.0124.